The smallest absolute Gasteiger partial charge is 0.119 e. The molecule has 0 aliphatic heterocycles. The van der Waals surface area contributed by atoms with Crippen molar-refractivity contribution in [3.8, 4) is 5.75 Å². The second-order valence-electron chi connectivity index (χ2n) is 4.93. The number of hydrogen-bond acceptors (Lipinski definition) is 3. The quantitative estimate of drug-likeness (QED) is 0.759. The number of nitrogens with one attached hydrogen (secondary N) is 1. The van der Waals surface area contributed by atoms with Gasteiger partial charge in [0.2, 0.25) is 0 Å². The molecule has 0 unspecified atom stereocenters. The summed E-state index contributed by atoms with van der Waals surface area (Å²) in [5, 5.41) is 12.5. The van der Waals surface area contributed by atoms with Crippen LogP contribution < -0.4 is 10.1 Å². The van der Waals surface area contributed by atoms with Crippen molar-refractivity contribution in [1.29, 1.82) is 0 Å². The molecule has 2 rings (SSSR count). The monoisotopic (exact) mass is 235 g/mol. The van der Waals surface area contributed by atoms with Crippen molar-refractivity contribution in [2.75, 3.05) is 20.3 Å². The molecule has 1 aromatic rings. The zero-order chi connectivity index (χ0) is 12.1. The van der Waals surface area contributed by atoms with E-state index in [-0.39, 0.29) is 0 Å². The molecule has 1 saturated carbocycles. The number of methoxy groups -OCH3 is 1. The lowest BCUT2D eigenvalue weighted by atomic mass is 10.0. The van der Waals surface area contributed by atoms with Crippen LogP contribution in [0.5, 0.6) is 5.75 Å². The van der Waals surface area contributed by atoms with Gasteiger partial charge in [0, 0.05) is 19.7 Å². The fraction of sp³-hybridized carbons (Fsp3) is 0.571. The molecule has 2 N–H and O–H groups in total. The SMILES string of the molecule is COc1cccc(CNCC2(CCO)CC2)c1. The molecule has 0 radical (unpaired) electrons. The van der Waals surface area contributed by atoms with Gasteiger partial charge in [-0.3, -0.25) is 0 Å². The van der Waals surface area contributed by atoms with Gasteiger partial charge in [0.1, 0.15) is 5.75 Å². The number of benzene rings is 1. The minimum absolute atomic E-state index is 0.306. The summed E-state index contributed by atoms with van der Waals surface area (Å²) < 4.78 is 5.19. The molecule has 17 heavy (non-hydrogen) atoms. The lowest BCUT2D eigenvalue weighted by Gasteiger charge is -2.14. The number of aliphatic hydroxyl groups excluding tert-OH is 1. The van der Waals surface area contributed by atoms with Crippen LogP contribution >= 0.6 is 0 Å². The van der Waals surface area contributed by atoms with Gasteiger partial charge >= 0.3 is 0 Å². The second kappa shape index (κ2) is 5.52. The van der Waals surface area contributed by atoms with Gasteiger partial charge in [-0.15, -0.1) is 0 Å². The molecule has 3 nitrogen and oxygen atoms in total. The largest absolute Gasteiger partial charge is 0.497 e. The summed E-state index contributed by atoms with van der Waals surface area (Å²) in [7, 11) is 1.69. The van der Waals surface area contributed by atoms with Crippen molar-refractivity contribution in [1.82, 2.24) is 5.32 Å². The molecule has 0 amide bonds. The summed E-state index contributed by atoms with van der Waals surface area (Å²) in [6, 6.07) is 8.12. The molecule has 0 heterocycles. The van der Waals surface area contributed by atoms with Gasteiger partial charge in [0.25, 0.3) is 0 Å². The Morgan fingerprint density at radius 1 is 1.41 bits per heavy atom. The normalized spacial score (nSPS) is 16.8. The summed E-state index contributed by atoms with van der Waals surface area (Å²) in [6.45, 7) is 2.18. The van der Waals surface area contributed by atoms with E-state index in [4.69, 9.17) is 9.84 Å². The zero-order valence-electron chi connectivity index (χ0n) is 10.4. The summed E-state index contributed by atoms with van der Waals surface area (Å²) >= 11 is 0. The Morgan fingerprint density at radius 2 is 2.24 bits per heavy atom. The molecule has 0 spiro atoms. The Kier molecular flexibility index (Phi) is 4.02. The topological polar surface area (TPSA) is 41.5 Å². The van der Waals surface area contributed by atoms with Gasteiger partial charge in [0.05, 0.1) is 7.11 Å². The fourth-order valence-electron chi connectivity index (χ4n) is 2.18. The minimum atomic E-state index is 0.306. The van der Waals surface area contributed by atoms with E-state index in [1.54, 1.807) is 7.11 Å². The summed E-state index contributed by atoms with van der Waals surface area (Å²) in [4.78, 5) is 0. The maximum Gasteiger partial charge on any atom is 0.119 e. The first-order valence-electron chi connectivity index (χ1n) is 6.22. The maximum absolute atomic E-state index is 8.98. The molecule has 1 aliphatic rings. The fourth-order valence-corrected chi connectivity index (χ4v) is 2.18. The van der Waals surface area contributed by atoms with Crippen molar-refractivity contribution >= 4 is 0 Å². The Hall–Kier alpha value is -1.06. The van der Waals surface area contributed by atoms with E-state index in [0.29, 0.717) is 12.0 Å². The first kappa shape index (κ1) is 12.4. The number of ether oxygens (including phenoxy) is 1. The third-order valence-corrected chi connectivity index (χ3v) is 3.56. The molecular weight excluding hydrogens is 214 g/mol. The standard InChI is InChI=1S/C14H21NO2/c1-17-13-4-2-3-12(9-13)10-15-11-14(5-6-14)7-8-16/h2-4,9,15-16H,5-8,10-11H2,1H3. The van der Waals surface area contributed by atoms with Crippen molar-refractivity contribution in [3.63, 3.8) is 0 Å². The average Bonchev–Trinajstić information content (AvgIpc) is 3.10. The predicted octanol–water partition coefficient (Wildman–Crippen LogP) is 1.95. The highest BCUT2D eigenvalue weighted by Crippen LogP contribution is 2.47. The highest BCUT2D eigenvalue weighted by atomic mass is 16.5. The van der Waals surface area contributed by atoms with Gasteiger partial charge < -0.3 is 15.2 Å². The predicted molar refractivity (Wildman–Crippen MR) is 68.1 cm³/mol. The first-order chi connectivity index (χ1) is 8.28. The summed E-state index contributed by atoms with van der Waals surface area (Å²) in [5.74, 6) is 0.904. The van der Waals surface area contributed by atoms with E-state index in [2.05, 4.69) is 17.4 Å². The molecule has 1 aromatic carbocycles. The van der Waals surface area contributed by atoms with E-state index >= 15 is 0 Å². The molecule has 94 valence electrons. The second-order valence-corrected chi connectivity index (χ2v) is 4.93. The Bertz CT molecular complexity index is 361. The lowest BCUT2D eigenvalue weighted by Crippen LogP contribution is -2.24. The molecule has 1 fully saturated rings. The molecule has 0 aromatic heterocycles. The Balaban J connectivity index is 1.78. The van der Waals surface area contributed by atoms with Crippen LogP contribution in [0.2, 0.25) is 0 Å². The highest BCUT2D eigenvalue weighted by molar-refractivity contribution is 5.28. The molecule has 3 heteroatoms. The summed E-state index contributed by atoms with van der Waals surface area (Å²) in [6.07, 6.45) is 3.43. The van der Waals surface area contributed by atoms with E-state index in [0.717, 1.165) is 25.3 Å². The van der Waals surface area contributed by atoms with Crippen LogP contribution in [-0.2, 0) is 6.54 Å². The van der Waals surface area contributed by atoms with Crippen molar-refractivity contribution in [2.45, 2.75) is 25.8 Å². The zero-order valence-corrected chi connectivity index (χ0v) is 10.4. The van der Waals surface area contributed by atoms with Gasteiger partial charge in [0.15, 0.2) is 0 Å². The maximum atomic E-state index is 8.98. The first-order valence-corrected chi connectivity index (χ1v) is 6.22. The third kappa shape index (κ3) is 3.45. The molecular formula is C14H21NO2. The summed E-state index contributed by atoms with van der Waals surface area (Å²) in [5.41, 5.74) is 1.62. The van der Waals surface area contributed by atoms with E-state index in [1.807, 2.05) is 12.1 Å². The van der Waals surface area contributed by atoms with Crippen LogP contribution in [-0.4, -0.2) is 25.4 Å². The van der Waals surface area contributed by atoms with Crippen molar-refractivity contribution in [3.05, 3.63) is 29.8 Å². The minimum Gasteiger partial charge on any atom is -0.497 e. The van der Waals surface area contributed by atoms with Crippen LogP contribution in [0, 0.1) is 5.41 Å². The van der Waals surface area contributed by atoms with E-state index in [9.17, 15) is 0 Å². The van der Waals surface area contributed by atoms with Gasteiger partial charge in [-0.2, -0.15) is 0 Å². The Labute approximate surface area is 103 Å². The average molecular weight is 235 g/mol. The van der Waals surface area contributed by atoms with Gasteiger partial charge in [-0.05, 0) is 42.4 Å². The van der Waals surface area contributed by atoms with Crippen LogP contribution in [0.25, 0.3) is 0 Å². The Morgan fingerprint density at radius 3 is 2.88 bits per heavy atom. The highest BCUT2D eigenvalue weighted by Gasteiger charge is 2.41. The van der Waals surface area contributed by atoms with Crippen molar-refractivity contribution in [2.24, 2.45) is 5.41 Å². The van der Waals surface area contributed by atoms with Gasteiger partial charge in [-0.1, -0.05) is 12.1 Å². The molecule has 0 bridgehead atoms. The van der Waals surface area contributed by atoms with Crippen LogP contribution in [0.15, 0.2) is 24.3 Å². The van der Waals surface area contributed by atoms with Crippen LogP contribution in [0.1, 0.15) is 24.8 Å². The van der Waals surface area contributed by atoms with Crippen LogP contribution in [0.4, 0.5) is 0 Å². The molecule has 0 saturated heterocycles. The van der Waals surface area contributed by atoms with Gasteiger partial charge in [-0.25, -0.2) is 0 Å². The molecule has 1 aliphatic carbocycles. The lowest BCUT2D eigenvalue weighted by molar-refractivity contribution is 0.245. The number of hydrogen-bond donors (Lipinski definition) is 2. The third-order valence-electron chi connectivity index (χ3n) is 3.56. The van der Waals surface area contributed by atoms with Crippen LogP contribution in [0.3, 0.4) is 0 Å². The van der Waals surface area contributed by atoms with E-state index in [1.165, 1.54) is 18.4 Å². The molecule has 0 atom stereocenters. The van der Waals surface area contributed by atoms with Crippen molar-refractivity contribution < 1.29 is 9.84 Å². The number of rotatable bonds is 7. The number of aliphatic hydroxyl groups is 1. The van der Waals surface area contributed by atoms with E-state index < -0.39 is 0 Å².